The van der Waals surface area contributed by atoms with E-state index in [1.807, 2.05) is 36.4 Å². The molecule has 0 N–H and O–H groups in total. The van der Waals surface area contributed by atoms with Crippen LogP contribution in [-0.2, 0) is 0 Å². The number of benzene rings is 1. The normalized spacial score (nSPS) is 10.1. The SMILES string of the molecule is S=C=Nc1cccc(C=CCCCl)c1. The lowest BCUT2D eigenvalue weighted by atomic mass is 10.2. The van der Waals surface area contributed by atoms with E-state index in [2.05, 4.69) is 22.4 Å². The van der Waals surface area contributed by atoms with Gasteiger partial charge in [0.15, 0.2) is 0 Å². The van der Waals surface area contributed by atoms with E-state index >= 15 is 0 Å². The number of halogens is 1. The number of hydrogen-bond acceptors (Lipinski definition) is 2. The second-order valence-electron chi connectivity index (χ2n) is 2.68. The van der Waals surface area contributed by atoms with E-state index < -0.39 is 0 Å². The molecule has 0 amide bonds. The van der Waals surface area contributed by atoms with Crippen molar-refractivity contribution in [3.05, 3.63) is 35.9 Å². The van der Waals surface area contributed by atoms with Crippen LogP contribution in [-0.4, -0.2) is 11.0 Å². The van der Waals surface area contributed by atoms with Crippen LogP contribution < -0.4 is 0 Å². The smallest absolute Gasteiger partial charge is 0.0745 e. The van der Waals surface area contributed by atoms with E-state index in [1.54, 1.807) is 0 Å². The highest BCUT2D eigenvalue weighted by molar-refractivity contribution is 7.78. The van der Waals surface area contributed by atoms with Crippen LogP contribution >= 0.6 is 23.8 Å². The van der Waals surface area contributed by atoms with E-state index in [-0.39, 0.29) is 0 Å². The molecule has 0 heterocycles. The van der Waals surface area contributed by atoms with Gasteiger partial charge in [-0.05, 0) is 36.3 Å². The molecular formula is C11H10ClNS. The Bertz CT molecular complexity index is 367. The summed E-state index contributed by atoms with van der Waals surface area (Å²) in [6, 6.07) is 7.78. The van der Waals surface area contributed by atoms with Gasteiger partial charge in [-0.25, -0.2) is 0 Å². The fourth-order valence-electron chi connectivity index (χ4n) is 1.03. The zero-order chi connectivity index (χ0) is 10.2. The van der Waals surface area contributed by atoms with Gasteiger partial charge in [0.1, 0.15) is 0 Å². The third-order valence-corrected chi connectivity index (χ3v) is 1.94. The molecule has 0 fully saturated rings. The molecule has 0 atom stereocenters. The summed E-state index contributed by atoms with van der Waals surface area (Å²) in [6.07, 6.45) is 4.93. The van der Waals surface area contributed by atoms with Crippen molar-refractivity contribution in [3.63, 3.8) is 0 Å². The Hall–Kier alpha value is -0.950. The first-order valence-electron chi connectivity index (χ1n) is 4.27. The molecule has 0 bridgehead atoms. The maximum absolute atomic E-state index is 5.56. The molecule has 3 heteroatoms. The number of allylic oxidation sites excluding steroid dienone is 1. The molecule has 0 aliphatic rings. The van der Waals surface area contributed by atoms with E-state index in [0.29, 0.717) is 5.88 Å². The first-order valence-corrected chi connectivity index (χ1v) is 5.21. The van der Waals surface area contributed by atoms with Crippen LogP contribution in [0.15, 0.2) is 35.3 Å². The summed E-state index contributed by atoms with van der Waals surface area (Å²) in [5.74, 6) is 0.647. The Kier molecular flexibility index (Phi) is 5.16. The predicted octanol–water partition coefficient (Wildman–Crippen LogP) is 4.06. The third-order valence-electron chi connectivity index (χ3n) is 1.63. The van der Waals surface area contributed by atoms with E-state index in [0.717, 1.165) is 17.7 Å². The van der Waals surface area contributed by atoms with Crippen molar-refractivity contribution < 1.29 is 0 Å². The molecule has 0 aliphatic carbocycles. The van der Waals surface area contributed by atoms with Gasteiger partial charge in [0, 0.05) is 5.88 Å². The Morgan fingerprint density at radius 1 is 1.50 bits per heavy atom. The minimum absolute atomic E-state index is 0.647. The van der Waals surface area contributed by atoms with Gasteiger partial charge in [0.25, 0.3) is 0 Å². The number of alkyl halides is 1. The lowest BCUT2D eigenvalue weighted by molar-refractivity contribution is 1.24. The van der Waals surface area contributed by atoms with Gasteiger partial charge in [0.2, 0.25) is 0 Å². The molecule has 0 aromatic heterocycles. The number of nitrogens with zero attached hydrogens (tertiary/aromatic N) is 1. The van der Waals surface area contributed by atoms with Gasteiger partial charge in [-0.15, -0.1) is 11.6 Å². The quantitative estimate of drug-likeness (QED) is 0.426. The Labute approximate surface area is 94.1 Å². The Morgan fingerprint density at radius 3 is 3.07 bits per heavy atom. The molecule has 0 saturated carbocycles. The lowest BCUT2D eigenvalue weighted by Crippen LogP contribution is -1.72. The van der Waals surface area contributed by atoms with E-state index in [4.69, 9.17) is 11.6 Å². The number of aliphatic imine (C=N–C) groups is 1. The molecule has 0 unspecified atom stereocenters. The lowest BCUT2D eigenvalue weighted by Gasteiger charge is -1.94. The van der Waals surface area contributed by atoms with Gasteiger partial charge < -0.3 is 0 Å². The van der Waals surface area contributed by atoms with Gasteiger partial charge in [-0.3, -0.25) is 0 Å². The first-order chi connectivity index (χ1) is 6.86. The topological polar surface area (TPSA) is 12.4 Å². The summed E-state index contributed by atoms with van der Waals surface area (Å²) in [4.78, 5) is 3.90. The van der Waals surface area contributed by atoms with E-state index in [1.165, 1.54) is 0 Å². The average Bonchev–Trinajstić information content (AvgIpc) is 2.19. The summed E-state index contributed by atoms with van der Waals surface area (Å²) >= 11 is 10.1. The molecule has 72 valence electrons. The molecule has 0 radical (unpaired) electrons. The average molecular weight is 224 g/mol. The van der Waals surface area contributed by atoms with Crippen molar-refractivity contribution >= 4 is 40.7 Å². The zero-order valence-corrected chi connectivity index (χ0v) is 9.18. The fraction of sp³-hybridized carbons (Fsp3) is 0.182. The highest BCUT2D eigenvalue weighted by atomic mass is 35.5. The zero-order valence-electron chi connectivity index (χ0n) is 7.61. The van der Waals surface area contributed by atoms with Crippen LogP contribution in [0.5, 0.6) is 0 Å². The minimum Gasteiger partial charge on any atom is -0.195 e. The molecule has 14 heavy (non-hydrogen) atoms. The summed E-state index contributed by atoms with van der Waals surface area (Å²) < 4.78 is 0. The maximum Gasteiger partial charge on any atom is 0.0745 e. The second kappa shape index (κ2) is 6.50. The molecule has 0 spiro atoms. The van der Waals surface area contributed by atoms with Crippen LogP contribution in [0, 0.1) is 0 Å². The highest BCUT2D eigenvalue weighted by Crippen LogP contribution is 2.14. The van der Waals surface area contributed by atoms with Crippen molar-refractivity contribution in [1.82, 2.24) is 0 Å². The molecule has 0 aliphatic heterocycles. The molecule has 1 rings (SSSR count). The predicted molar refractivity (Wildman–Crippen MR) is 65.5 cm³/mol. The highest BCUT2D eigenvalue weighted by Gasteiger charge is 1.89. The molecular weight excluding hydrogens is 214 g/mol. The summed E-state index contributed by atoms with van der Waals surface area (Å²) in [6.45, 7) is 0. The third kappa shape index (κ3) is 3.84. The first kappa shape index (κ1) is 11.1. The fourth-order valence-corrected chi connectivity index (χ4v) is 1.26. The van der Waals surface area contributed by atoms with Crippen molar-refractivity contribution in [1.29, 1.82) is 0 Å². The number of isothiocyanates is 1. The van der Waals surface area contributed by atoms with Crippen molar-refractivity contribution in [2.24, 2.45) is 4.99 Å². The standard InChI is InChI=1S/C11H10ClNS/c12-7-2-1-4-10-5-3-6-11(8-10)13-9-14/h1,3-6,8H,2,7H2. The summed E-state index contributed by atoms with van der Waals surface area (Å²) in [7, 11) is 0. The molecule has 1 aromatic carbocycles. The van der Waals surface area contributed by atoms with Crippen molar-refractivity contribution in [2.75, 3.05) is 5.88 Å². The van der Waals surface area contributed by atoms with Gasteiger partial charge in [0.05, 0.1) is 10.8 Å². The number of hydrogen-bond donors (Lipinski definition) is 0. The van der Waals surface area contributed by atoms with E-state index in [9.17, 15) is 0 Å². The minimum atomic E-state index is 0.647. The monoisotopic (exact) mass is 223 g/mol. The Morgan fingerprint density at radius 2 is 2.36 bits per heavy atom. The van der Waals surface area contributed by atoms with Crippen molar-refractivity contribution in [3.8, 4) is 0 Å². The van der Waals surface area contributed by atoms with Gasteiger partial charge in [-0.1, -0.05) is 24.3 Å². The largest absolute Gasteiger partial charge is 0.195 e. The molecule has 1 aromatic rings. The van der Waals surface area contributed by atoms with Crippen LogP contribution in [0.3, 0.4) is 0 Å². The second-order valence-corrected chi connectivity index (χ2v) is 3.24. The number of thiocarbonyl (C=S) groups is 1. The van der Waals surface area contributed by atoms with Crippen LogP contribution in [0.25, 0.3) is 6.08 Å². The van der Waals surface area contributed by atoms with Crippen LogP contribution in [0.4, 0.5) is 5.69 Å². The molecule has 0 saturated heterocycles. The van der Waals surface area contributed by atoms with Crippen LogP contribution in [0.1, 0.15) is 12.0 Å². The van der Waals surface area contributed by atoms with Gasteiger partial charge in [-0.2, -0.15) is 4.99 Å². The summed E-state index contributed by atoms with van der Waals surface area (Å²) in [5.41, 5.74) is 1.93. The number of rotatable bonds is 4. The Balaban J connectivity index is 2.77. The van der Waals surface area contributed by atoms with Gasteiger partial charge >= 0.3 is 0 Å². The maximum atomic E-state index is 5.56. The van der Waals surface area contributed by atoms with Crippen molar-refractivity contribution in [2.45, 2.75) is 6.42 Å². The summed E-state index contributed by atoms with van der Waals surface area (Å²) in [5, 5.41) is 2.34. The molecule has 1 nitrogen and oxygen atoms in total. The van der Waals surface area contributed by atoms with Crippen LogP contribution in [0.2, 0.25) is 0 Å².